The summed E-state index contributed by atoms with van der Waals surface area (Å²) in [6.07, 6.45) is -4.81. The predicted molar refractivity (Wildman–Crippen MR) is 49.3 cm³/mol. The highest BCUT2D eigenvalue weighted by atomic mass is 79.9. The van der Waals surface area contributed by atoms with Gasteiger partial charge < -0.3 is 0 Å². The molecular weight excluding hydrogens is 261 g/mol. The summed E-state index contributed by atoms with van der Waals surface area (Å²) in [5.74, 6) is -1.81. The lowest BCUT2D eigenvalue weighted by atomic mass is 10.0. The standard InChI is InChI=1S/C9H6BrF3O/c1-5-2-3-6(10)4-7(5)8(14)9(11,12)13/h2-4H,1H3. The van der Waals surface area contributed by atoms with Gasteiger partial charge in [0.05, 0.1) is 0 Å². The normalized spacial score (nSPS) is 11.5. The topological polar surface area (TPSA) is 17.1 Å². The molecule has 0 bridgehead atoms. The quantitative estimate of drug-likeness (QED) is 0.711. The number of carbonyl (C=O) groups excluding carboxylic acids is 1. The van der Waals surface area contributed by atoms with Crippen molar-refractivity contribution in [1.82, 2.24) is 0 Å². The van der Waals surface area contributed by atoms with Crippen molar-refractivity contribution in [2.24, 2.45) is 0 Å². The minimum Gasteiger partial charge on any atom is -0.284 e. The van der Waals surface area contributed by atoms with E-state index in [2.05, 4.69) is 15.9 Å². The molecule has 0 N–H and O–H groups in total. The van der Waals surface area contributed by atoms with Crippen molar-refractivity contribution in [3.05, 3.63) is 33.8 Å². The van der Waals surface area contributed by atoms with E-state index in [4.69, 9.17) is 0 Å². The van der Waals surface area contributed by atoms with Crippen LogP contribution in [0.3, 0.4) is 0 Å². The second-order valence-electron chi connectivity index (χ2n) is 2.79. The van der Waals surface area contributed by atoms with Crippen molar-refractivity contribution in [1.29, 1.82) is 0 Å². The first kappa shape index (κ1) is 11.2. The molecule has 0 saturated carbocycles. The lowest BCUT2D eigenvalue weighted by Gasteiger charge is -2.07. The molecule has 0 aliphatic heterocycles. The first-order chi connectivity index (χ1) is 6.32. The van der Waals surface area contributed by atoms with E-state index in [-0.39, 0.29) is 5.56 Å². The van der Waals surface area contributed by atoms with Crippen molar-refractivity contribution in [2.75, 3.05) is 0 Å². The minimum atomic E-state index is -4.81. The number of hydrogen-bond donors (Lipinski definition) is 0. The van der Waals surface area contributed by atoms with Crippen molar-refractivity contribution in [2.45, 2.75) is 13.1 Å². The maximum Gasteiger partial charge on any atom is 0.454 e. The van der Waals surface area contributed by atoms with Gasteiger partial charge in [0.1, 0.15) is 0 Å². The summed E-state index contributed by atoms with van der Waals surface area (Å²) >= 11 is 3.01. The van der Waals surface area contributed by atoms with Crippen LogP contribution in [0.15, 0.2) is 22.7 Å². The van der Waals surface area contributed by atoms with E-state index in [0.717, 1.165) is 0 Å². The van der Waals surface area contributed by atoms with Gasteiger partial charge in [-0.1, -0.05) is 22.0 Å². The molecule has 1 nitrogen and oxygen atoms in total. The Morgan fingerprint density at radius 1 is 1.36 bits per heavy atom. The molecule has 1 aromatic carbocycles. The Labute approximate surface area is 87.1 Å². The fourth-order valence-corrected chi connectivity index (χ4v) is 1.35. The zero-order chi connectivity index (χ0) is 10.9. The smallest absolute Gasteiger partial charge is 0.284 e. The van der Waals surface area contributed by atoms with E-state index in [1.165, 1.54) is 19.1 Å². The summed E-state index contributed by atoms with van der Waals surface area (Å²) in [6, 6.07) is 4.22. The largest absolute Gasteiger partial charge is 0.454 e. The highest BCUT2D eigenvalue weighted by molar-refractivity contribution is 9.10. The number of carbonyl (C=O) groups is 1. The third kappa shape index (κ3) is 2.35. The Kier molecular flexibility index (Phi) is 2.99. The molecule has 0 fully saturated rings. The number of Topliss-reactive ketones (excluding diaryl/α,β-unsaturated/α-hetero) is 1. The van der Waals surface area contributed by atoms with Gasteiger partial charge in [-0.2, -0.15) is 13.2 Å². The summed E-state index contributed by atoms with van der Waals surface area (Å²) < 4.78 is 36.7. The molecule has 0 aliphatic rings. The number of ketones is 1. The van der Waals surface area contributed by atoms with Crippen LogP contribution in [-0.4, -0.2) is 12.0 Å². The predicted octanol–water partition coefficient (Wildman–Crippen LogP) is 3.50. The highest BCUT2D eigenvalue weighted by Crippen LogP contribution is 2.25. The fraction of sp³-hybridized carbons (Fsp3) is 0.222. The maximum atomic E-state index is 12.1. The van der Waals surface area contributed by atoms with Crippen LogP contribution in [-0.2, 0) is 0 Å². The van der Waals surface area contributed by atoms with Crippen molar-refractivity contribution in [3.63, 3.8) is 0 Å². The Bertz CT molecular complexity index is 371. The molecule has 76 valence electrons. The summed E-state index contributed by atoms with van der Waals surface area (Å²) in [6.45, 7) is 1.46. The van der Waals surface area contributed by atoms with Crippen LogP contribution in [0.4, 0.5) is 13.2 Å². The van der Waals surface area contributed by atoms with Gasteiger partial charge in [0.25, 0.3) is 5.78 Å². The Morgan fingerprint density at radius 3 is 2.43 bits per heavy atom. The fourth-order valence-electron chi connectivity index (χ4n) is 0.992. The Morgan fingerprint density at radius 2 is 1.93 bits per heavy atom. The molecule has 14 heavy (non-hydrogen) atoms. The number of halogens is 4. The number of aryl methyl sites for hydroxylation is 1. The average molecular weight is 267 g/mol. The lowest BCUT2D eigenvalue weighted by Crippen LogP contribution is -2.23. The van der Waals surface area contributed by atoms with Crippen molar-refractivity contribution in [3.8, 4) is 0 Å². The lowest BCUT2D eigenvalue weighted by molar-refractivity contribution is -0.0885. The summed E-state index contributed by atoms with van der Waals surface area (Å²) in [7, 11) is 0. The maximum absolute atomic E-state index is 12.1. The van der Waals surface area contributed by atoms with Gasteiger partial charge >= 0.3 is 6.18 Å². The second-order valence-corrected chi connectivity index (χ2v) is 3.70. The second kappa shape index (κ2) is 3.73. The monoisotopic (exact) mass is 266 g/mol. The molecule has 0 amide bonds. The average Bonchev–Trinajstić information content (AvgIpc) is 2.06. The zero-order valence-electron chi connectivity index (χ0n) is 7.15. The molecular formula is C9H6BrF3O. The minimum absolute atomic E-state index is 0.313. The van der Waals surface area contributed by atoms with E-state index in [0.29, 0.717) is 10.0 Å². The van der Waals surface area contributed by atoms with Crippen molar-refractivity contribution >= 4 is 21.7 Å². The van der Waals surface area contributed by atoms with E-state index < -0.39 is 12.0 Å². The van der Waals surface area contributed by atoms with Crippen LogP contribution < -0.4 is 0 Å². The van der Waals surface area contributed by atoms with Gasteiger partial charge in [-0.25, -0.2) is 0 Å². The first-order valence-electron chi connectivity index (χ1n) is 3.70. The molecule has 1 aromatic rings. The van der Waals surface area contributed by atoms with E-state index in [1.54, 1.807) is 6.07 Å². The van der Waals surface area contributed by atoms with Crippen LogP contribution >= 0.6 is 15.9 Å². The molecule has 1 rings (SSSR count). The molecule has 0 atom stereocenters. The van der Waals surface area contributed by atoms with Gasteiger partial charge in [-0.05, 0) is 24.6 Å². The van der Waals surface area contributed by atoms with Gasteiger partial charge in [-0.3, -0.25) is 4.79 Å². The highest BCUT2D eigenvalue weighted by Gasteiger charge is 2.39. The molecule has 0 aliphatic carbocycles. The molecule has 0 heterocycles. The van der Waals surface area contributed by atoms with Crippen LogP contribution in [0.2, 0.25) is 0 Å². The molecule has 5 heteroatoms. The van der Waals surface area contributed by atoms with Gasteiger partial charge in [0.15, 0.2) is 0 Å². The van der Waals surface area contributed by atoms with Crippen LogP contribution in [0.5, 0.6) is 0 Å². The zero-order valence-corrected chi connectivity index (χ0v) is 8.74. The summed E-state index contributed by atoms with van der Waals surface area (Å²) in [4.78, 5) is 10.9. The summed E-state index contributed by atoms with van der Waals surface area (Å²) in [5, 5.41) is 0. The third-order valence-electron chi connectivity index (χ3n) is 1.70. The van der Waals surface area contributed by atoms with Gasteiger partial charge in [-0.15, -0.1) is 0 Å². The molecule has 0 unspecified atom stereocenters. The SMILES string of the molecule is Cc1ccc(Br)cc1C(=O)C(F)(F)F. The summed E-state index contributed by atoms with van der Waals surface area (Å²) in [5.41, 5.74) is 0.00222. The first-order valence-corrected chi connectivity index (χ1v) is 4.49. The molecule has 0 aromatic heterocycles. The van der Waals surface area contributed by atoms with Crippen LogP contribution in [0.1, 0.15) is 15.9 Å². The number of hydrogen-bond acceptors (Lipinski definition) is 1. The van der Waals surface area contributed by atoms with Crippen LogP contribution in [0, 0.1) is 6.92 Å². The van der Waals surface area contributed by atoms with Crippen molar-refractivity contribution < 1.29 is 18.0 Å². The van der Waals surface area contributed by atoms with Crippen LogP contribution in [0.25, 0.3) is 0 Å². The Balaban J connectivity index is 3.19. The van der Waals surface area contributed by atoms with Gasteiger partial charge in [0, 0.05) is 10.0 Å². The Hall–Kier alpha value is -0.840. The van der Waals surface area contributed by atoms with Gasteiger partial charge in [0.2, 0.25) is 0 Å². The number of rotatable bonds is 1. The number of benzene rings is 1. The molecule has 0 saturated heterocycles. The van der Waals surface area contributed by atoms with E-state index in [1.807, 2.05) is 0 Å². The van der Waals surface area contributed by atoms with E-state index in [9.17, 15) is 18.0 Å². The molecule has 0 spiro atoms. The van der Waals surface area contributed by atoms with E-state index >= 15 is 0 Å². The third-order valence-corrected chi connectivity index (χ3v) is 2.19. The number of alkyl halides is 3. The molecule has 0 radical (unpaired) electrons.